The molecule has 0 amide bonds. The molecule has 27 heavy (non-hydrogen) atoms. The molecule has 7 nitrogen and oxygen atoms in total. The first-order valence-corrected chi connectivity index (χ1v) is 8.38. The highest BCUT2D eigenvalue weighted by Crippen LogP contribution is 2.29. The lowest BCUT2D eigenvalue weighted by Gasteiger charge is -2.16. The first-order valence-electron chi connectivity index (χ1n) is 8.38. The van der Waals surface area contributed by atoms with Gasteiger partial charge in [-0.05, 0) is 36.1 Å². The molecule has 2 rings (SSSR count). The molecule has 0 aromatic heterocycles. The second-order valence-corrected chi connectivity index (χ2v) is 6.08. The van der Waals surface area contributed by atoms with Gasteiger partial charge in [-0.1, -0.05) is 36.4 Å². The zero-order chi connectivity index (χ0) is 19.8. The van der Waals surface area contributed by atoms with Crippen LogP contribution < -0.4 is 9.47 Å². The van der Waals surface area contributed by atoms with Gasteiger partial charge < -0.3 is 24.8 Å². The van der Waals surface area contributed by atoms with Crippen molar-refractivity contribution in [1.82, 2.24) is 0 Å². The number of aliphatic hydroxyl groups excluding tert-OH is 1. The largest absolute Gasteiger partial charge is 0.493 e. The summed E-state index contributed by atoms with van der Waals surface area (Å²) in [5.74, 6) is -3.57. The summed E-state index contributed by atoms with van der Waals surface area (Å²) in [6.45, 7) is 0.373. The lowest BCUT2D eigenvalue weighted by molar-refractivity contribution is -0.156. The Morgan fingerprint density at radius 3 is 2.22 bits per heavy atom. The summed E-state index contributed by atoms with van der Waals surface area (Å²) in [7, 11) is 1.50. The van der Waals surface area contributed by atoms with E-state index in [-0.39, 0.29) is 12.8 Å². The zero-order valence-corrected chi connectivity index (χ0v) is 14.9. The third-order valence-electron chi connectivity index (χ3n) is 4.04. The zero-order valence-electron chi connectivity index (χ0n) is 14.9. The van der Waals surface area contributed by atoms with Crippen LogP contribution in [0.3, 0.4) is 0 Å². The standard InChI is InChI=1S/C20H22O7/c1-26-18-10-14(9-15(21)11-16(19(22)23)20(24)25)7-8-17(18)27-12-13-5-3-2-4-6-13/h2-8,10,15-16,21H,9,11-12H2,1H3,(H,22,23)(H,24,25). The van der Waals surface area contributed by atoms with Crippen molar-refractivity contribution in [3.05, 3.63) is 59.7 Å². The maximum atomic E-state index is 10.9. The molecule has 1 atom stereocenters. The average Bonchev–Trinajstić information content (AvgIpc) is 2.65. The van der Waals surface area contributed by atoms with Crippen LogP contribution >= 0.6 is 0 Å². The summed E-state index contributed by atoms with van der Waals surface area (Å²) in [4.78, 5) is 21.9. The van der Waals surface area contributed by atoms with Crippen molar-refractivity contribution >= 4 is 11.9 Å². The molecular weight excluding hydrogens is 352 g/mol. The molecule has 0 aliphatic rings. The number of aliphatic carboxylic acids is 2. The van der Waals surface area contributed by atoms with Gasteiger partial charge in [-0.3, -0.25) is 9.59 Å². The quantitative estimate of drug-likeness (QED) is 0.547. The molecule has 3 N–H and O–H groups in total. The summed E-state index contributed by atoms with van der Waals surface area (Å²) >= 11 is 0. The fourth-order valence-corrected chi connectivity index (χ4v) is 2.63. The Balaban J connectivity index is 2.02. The Morgan fingerprint density at radius 1 is 0.963 bits per heavy atom. The van der Waals surface area contributed by atoms with Crippen molar-refractivity contribution in [3.63, 3.8) is 0 Å². The molecule has 1 unspecified atom stereocenters. The highest BCUT2D eigenvalue weighted by molar-refractivity contribution is 5.92. The van der Waals surface area contributed by atoms with Gasteiger partial charge in [0.25, 0.3) is 0 Å². The van der Waals surface area contributed by atoms with Gasteiger partial charge in [0.1, 0.15) is 6.61 Å². The van der Waals surface area contributed by atoms with Crippen LogP contribution in [0.4, 0.5) is 0 Å². The van der Waals surface area contributed by atoms with E-state index in [1.165, 1.54) is 7.11 Å². The number of aliphatic hydroxyl groups is 1. The minimum absolute atomic E-state index is 0.104. The van der Waals surface area contributed by atoms with Crippen molar-refractivity contribution in [1.29, 1.82) is 0 Å². The number of rotatable bonds is 10. The van der Waals surface area contributed by atoms with E-state index in [1.54, 1.807) is 18.2 Å². The Labute approximate surface area is 156 Å². The van der Waals surface area contributed by atoms with Gasteiger partial charge in [0.15, 0.2) is 17.4 Å². The summed E-state index contributed by atoms with van der Waals surface area (Å²) in [5.41, 5.74) is 1.69. The van der Waals surface area contributed by atoms with Crippen LogP contribution in [0.5, 0.6) is 11.5 Å². The van der Waals surface area contributed by atoms with Gasteiger partial charge in [0.2, 0.25) is 0 Å². The first kappa shape index (κ1) is 20.3. The van der Waals surface area contributed by atoms with Crippen LogP contribution in [-0.2, 0) is 22.6 Å². The number of methoxy groups -OCH3 is 1. The summed E-state index contributed by atoms with van der Waals surface area (Å²) in [6.07, 6.45) is -1.38. The monoisotopic (exact) mass is 374 g/mol. The number of carboxylic acid groups (broad SMARTS) is 2. The normalized spacial score (nSPS) is 11.8. The highest BCUT2D eigenvalue weighted by Gasteiger charge is 2.28. The van der Waals surface area contributed by atoms with Crippen LogP contribution in [0.1, 0.15) is 17.5 Å². The highest BCUT2D eigenvalue weighted by atomic mass is 16.5. The molecule has 0 aliphatic carbocycles. The van der Waals surface area contributed by atoms with Crippen LogP contribution in [0.2, 0.25) is 0 Å². The van der Waals surface area contributed by atoms with E-state index in [0.29, 0.717) is 23.7 Å². The van der Waals surface area contributed by atoms with Gasteiger partial charge >= 0.3 is 11.9 Å². The van der Waals surface area contributed by atoms with Gasteiger partial charge in [0.05, 0.1) is 13.2 Å². The minimum Gasteiger partial charge on any atom is -0.493 e. The number of benzene rings is 2. The molecule has 0 bridgehead atoms. The molecule has 2 aromatic rings. The summed E-state index contributed by atoms with van der Waals surface area (Å²) < 4.78 is 11.1. The Bertz CT molecular complexity index is 759. The predicted octanol–water partition coefficient (Wildman–Crippen LogP) is 2.35. The Morgan fingerprint density at radius 2 is 1.63 bits per heavy atom. The maximum absolute atomic E-state index is 10.9. The van der Waals surface area contributed by atoms with E-state index in [2.05, 4.69) is 0 Å². The molecule has 0 fully saturated rings. The number of hydrogen-bond acceptors (Lipinski definition) is 5. The Hall–Kier alpha value is -3.06. The van der Waals surface area contributed by atoms with Crippen molar-refractivity contribution in [2.24, 2.45) is 5.92 Å². The number of ether oxygens (including phenoxy) is 2. The molecule has 0 aliphatic heterocycles. The SMILES string of the molecule is COc1cc(CC(O)CC(C(=O)O)C(=O)O)ccc1OCc1ccccc1. The first-order chi connectivity index (χ1) is 12.9. The average molecular weight is 374 g/mol. The van der Waals surface area contributed by atoms with Crippen LogP contribution in [0, 0.1) is 5.92 Å². The molecule has 0 saturated carbocycles. The van der Waals surface area contributed by atoms with Gasteiger partial charge in [-0.2, -0.15) is 0 Å². The second kappa shape index (κ2) is 9.59. The van der Waals surface area contributed by atoms with Crippen molar-refractivity contribution < 1.29 is 34.4 Å². The van der Waals surface area contributed by atoms with Gasteiger partial charge in [-0.15, -0.1) is 0 Å². The van der Waals surface area contributed by atoms with E-state index >= 15 is 0 Å². The van der Waals surface area contributed by atoms with Crippen LogP contribution in [0.15, 0.2) is 48.5 Å². The molecule has 0 saturated heterocycles. The van der Waals surface area contributed by atoms with E-state index in [9.17, 15) is 14.7 Å². The maximum Gasteiger partial charge on any atom is 0.317 e. The second-order valence-electron chi connectivity index (χ2n) is 6.08. The molecule has 2 aromatic carbocycles. The van der Waals surface area contributed by atoms with E-state index in [4.69, 9.17) is 19.7 Å². The topological polar surface area (TPSA) is 113 Å². The third-order valence-corrected chi connectivity index (χ3v) is 4.04. The molecule has 0 radical (unpaired) electrons. The minimum atomic E-state index is -1.64. The molecule has 0 spiro atoms. The smallest absolute Gasteiger partial charge is 0.317 e. The lowest BCUT2D eigenvalue weighted by atomic mass is 9.97. The summed E-state index contributed by atoms with van der Waals surface area (Å²) in [6, 6.07) is 14.8. The van der Waals surface area contributed by atoms with Crippen LogP contribution in [0.25, 0.3) is 0 Å². The Kier molecular flexibility index (Phi) is 7.19. The molecule has 0 heterocycles. The fourth-order valence-electron chi connectivity index (χ4n) is 2.63. The van der Waals surface area contributed by atoms with Gasteiger partial charge in [-0.25, -0.2) is 0 Å². The van der Waals surface area contributed by atoms with Crippen molar-refractivity contribution in [3.8, 4) is 11.5 Å². The molecule has 7 heteroatoms. The lowest BCUT2D eigenvalue weighted by Crippen LogP contribution is -2.28. The number of hydrogen-bond donors (Lipinski definition) is 3. The molecular formula is C20H22O7. The molecule has 144 valence electrons. The number of carbonyl (C=O) groups is 2. The van der Waals surface area contributed by atoms with E-state index < -0.39 is 24.0 Å². The van der Waals surface area contributed by atoms with E-state index in [0.717, 1.165) is 5.56 Å². The predicted molar refractivity (Wildman–Crippen MR) is 96.9 cm³/mol. The van der Waals surface area contributed by atoms with Crippen molar-refractivity contribution in [2.45, 2.75) is 25.6 Å². The fraction of sp³-hybridized carbons (Fsp3) is 0.300. The van der Waals surface area contributed by atoms with Crippen LogP contribution in [-0.4, -0.2) is 40.5 Å². The summed E-state index contributed by atoms with van der Waals surface area (Å²) in [5, 5.41) is 27.9. The number of carboxylic acids is 2. The third kappa shape index (κ3) is 6.00. The van der Waals surface area contributed by atoms with Gasteiger partial charge in [0, 0.05) is 0 Å². The van der Waals surface area contributed by atoms with Crippen molar-refractivity contribution in [2.75, 3.05) is 7.11 Å². The van der Waals surface area contributed by atoms with E-state index in [1.807, 2.05) is 30.3 Å².